The minimum absolute atomic E-state index is 0.878. The third-order valence-electron chi connectivity index (χ3n) is 12.6. The van der Waals surface area contributed by atoms with E-state index in [1.54, 1.807) is 0 Å². The van der Waals surface area contributed by atoms with E-state index in [4.69, 9.17) is 14.4 Å². The molecule has 0 spiro atoms. The van der Waals surface area contributed by atoms with Gasteiger partial charge in [0.15, 0.2) is 0 Å². The molecule has 3 heteroatoms. The number of rotatable bonds is 4. The number of hydrogen-bond acceptors (Lipinski definition) is 3. The molecular weight excluding hydrogens is 741 g/mol. The summed E-state index contributed by atoms with van der Waals surface area (Å²) < 4.78 is 6.82. The number of benzene rings is 10. The zero-order valence-corrected chi connectivity index (χ0v) is 32.9. The number of furan rings is 1. The van der Waals surface area contributed by atoms with E-state index in [0.29, 0.717) is 0 Å². The highest BCUT2D eigenvalue weighted by atomic mass is 16.3. The Balaban J connectivity index is 0.991. The number of fused-ring (bicyclic) bond motifs is 14. The van der Waals surface area contributed by atoms with Crippen molar-refractivity contribution in [2.24, 2.45) is 0 Å². The fraction of sp³-hybridized carbons (Fsp3) is 0. The van der Waals surface area contributed by atoms with Crippen LogP contribution in [0.25, 0.3) is 132 Å². The Kier molecular flexibility index (Phi) is 7.31. The van der Waals surface area contributed by atoms with Gasteiger partial charge < -0.3 is 4.42 Å². The summed E-state index contributed by atoms with van der Waals surface area (Å²) in [6.07, 6.45) is 0. The topological polar surface area (TPSA) is 38.9 Å². The maximum atomic E-state index is 6.82. The quantitative estimate of drug-likeness (QED) is 0.167. The molecule has 0 atom stereocenters. The third-order valence-corrected chi connectivity index (χ3v) is 12.6. The van der Waals surface area contributed by atoms with E-state index >= 15 is 0 Å². The Hall–Kier alpha value is -8.14. The smallest absolute Gasteiger partial charge is 0.143 e. The number of nitrogens with zero attached hydrogens (tertiary/aromatic N) is 2. The van der Waals surface area contributed by atoms with Crippen molar-refractivity contribution in [3.63, 3.8) is 0 Å². The molecule has 13 rings (SSSR count). The zero-order chi connectivity index (χ0) is 40.0. The summed E-state index contributed by atoms with van der Waals surface area (Å²) in [6.45, 7) is 0. The molecule has 0 fully saturated rings. The second kappa shape index (κ2) is 13.2. The van der Waals surface area contributed by atoms with Crippen LogP contribution in [-0.2, 0) is 0 Å². The molecule has 3 aromatic heterocycles. The second-order valence-electron chi connectivity index (χ2n) is 16.0. The molecule has 0 saturated carbocycles. The van der Waals surface area contributed by atoms with Crippen LogP contribution in [0.2, 0.25) is 0 Å². The highest BCUT2D eigenvalue weighted by Crippen LogP contribution is 2.45. The van der Waals surface area contributed by atoms with Crippen LogP contribution in [0.5, 0.6) is 0 Å². The zero-order valence-electron chi connectivity index (χ0n) is 32.9. The van der Waals surface area contributed by atoms with Crippen LogP contribution in [0.15, 0.2) is 211 Å². The summed E-state index contributed by atoms with van der Waals surface area (Å²) in [6, 6.07) is 73.8. The Morgan fingerprint density at radius 3 is 1.52 bits per heavy atom. The summed E-state index contributed by atoms with van der Waals surface area (Å²) in [5, 5.41) is 14.2. The van der Waals surface area contributed by atoms with E-state index in [0.717, 1.165) is 93.7 Å². The van der Waals surface area contributed by atoms with Gasteiger partial charge in [-0.25, -0.2) is 9.97 Å². The third kappa shape index (κ3) is 5.24. The van der Waals surface area contributed by atoms with Crippen LogP contribution in [0.1, 0.15) is 0 Å². The molecule has 0 unspecified atom stereocenters. The molecule has 0 aliphatic carbocycles. The van der Waals surface area contributed by atoms with Crippen LogP contribution < -0.4 is 0 Å². The van der Waals surface area contributed by atoms with Gasteiger partial charge in [-0.2, -0.15) is 0 Å². The first-order valence-electron chi connectivity index (χ1n) is 20.8. The molecule has 0 aliphatic heterocycles. The van der Waals surface area contributed by atoms with Gasteiger partial charge in [0.25, 0.3) is 0 Å². The molecule has 10 aromatic carbocycles. The van der Waals surface area contributed by atoms with Crippen LogP contribution in [-0.4, -0.2) is 9.97 Å². The summed E-state index contributed by atoms with van der Waals surface area (Å²) in [4.78, 5) is 10.5. The number of aromatic nitrogens is 2. The summed E-state index contributed by atoms with van der Waals surface area (Å²) in [7, 11) is 0. The maximum Gasteiger partial charge on any atom is 0.143 e. The molecule has 0 aliphatic rings. The average Bonchev–Trinajstić information content (AvgIpc) is 3.73. The molecule has 0 saturated heterocycles. The van der Waals surface area contributed by atoms with Gasteiger partial charge in [0.2, 0.25) is 0 Å². The lowest BCUT2D eigenvalue weighted by molar-refractivity contribution is 0.673. The molecular formula is C58H34N2O. The molecule has 3 heterocycles. The van der Waals surface area contributed by atoms with Crippen molar-refractivity contribution in [1.29, 1.82) is 0 Å². The first kappa shape index (κ1) is 33.8. The van der Waals surface area contributed by atoms with Crippen LogP contribution in [0.4, 0.5) is 0 Å². The standard InChI is InChI=1S/C58H34N2O/c1-2-12-35(13-3-1)52-30-27-36-24-25-37-28-31-53(60-57(37)56(36)59-52)40-15-10-14-38(32-40)49-34-51-55-41(22-11-23-54(55)61-58(51)48-21-9-8-20-46(48)49)39-26-29-47-44-18-5-4-16-42(44)43-17-6-7-19-45(43)50(47)33-39/h1-34H. The number of hydrogen-bond donors (Lipinski definition) is 0. The number of pyridine rings is 2. The van der Waals surface area contributed by atoms with Crippen LogP contribution >= 0.6 is 0 Å². The monoisotopic (exact) mass is 774 g/mol. The predicted octanol–water partition coefficient (Wildman–Crippen LogP) is 16.0. The fourth-order valence-electron chi connectivity index (χ4n) is 9.75. The van der Waals surface area contributed by atoms with Crippen LogP contribution in [0.3, 0.4) is 0 Å². The van der Waals surface area contributed by atoms with Crippen molar-refractivity contribution in [2.45, 2.75) is 0 Å². The molecule has 3 nitrogen and oxygen atoms in total. The molecule has 0 bridgehead atoms. The fourth-order valence-corrected chi connectivity index (χ4v) is 9.75. The van der Waals surface area contributed by atoms with Gasteiger partial charge in [-0.3, -0.25) is 0 Å². The van der Waals surface area contributed by atoms with Gasteiger partial charge in [-0.05, 0) is 96.4 Å². The highest BCUT2D eigenvalue weighted by Gasteiger charge is 2.19. The first-order valence-corrected chi connectivity index (χ1v) is 20.8. The lowest BCUT2D eigenvalue weighted by atomic mass is 9.90. The SMILES string of the molecule is c1ccc(-c2ccc3ccc4ccc(-c5cccc(-c6cc7c(oc8cccc(-c9ccc%10c%11ccccc%11c%11ccccc%11c%10c9)c87)c7ccccc67)c5)nc4c3n2)cc1. The summed E-state index contributed by atoms with van der Waals surface area (Å²) in [5.74, 6) is 0. The molecule has 0 radical (unpaired) electrons. The van der Waals surface area contributed by atoms with Crippen molar-refractivity contribution in [3.8, 4) is 44.8 Å². The van der Waals surface area contributed by atoms with E-state index < -0.39 is 0 Å². The molecule has 0 N–H and O–H groups in total. The van der Waals surface area contributed by atoms with Crippen molar-refractivity contribution >= 4 is 86.8 Å². The Morgan fingerprint density at radius 1 is 0.295 bits per heavy atom. The molecule has 0 amide bonds. The second-order valence-corrected chi connectivity index (χ2v) is 16.0. The van der Waals surface area contributed by atoms with Gasteiger partial charge in [0, 0.05) is 38.1 Å². The van der Waals surface area contributed by atoms with Crippen LogP contribution in [0, 0.1) is 0 Å². The van der Waals surface area contributed by atoms with Gasteiger partial charge in [-0.1, -0.05) is 170 Å². The van der Waals surface area contributed by atoms with Crippen molar-refractivity contribution < 1.29 is 4.42 Å². The minimum atomic E-state index is 0.878. The predicted molar refractivity (Wildman–Crippen MR) is 256 cm³/mol. The minimum Gasteiger partial charge on any atom is -0.455 e. The van der Waals surface area contributed by atoms with E-state index in [9.17, 15) is 0 Å². The highest BCUT2D eigenvalue weighted by molar-refractivity contribution is 6.27. The van der Waals surface area contributed by atoms with E-state index in [1.807, 2.05) is 6.07 Å². The van der Waals surface area contributed by atoms with E-state index in [2.05, 4.69) is 200 Å². The van der Waals surface area contributed by atoms with Gasteiger partial charge in [0.1, 0.15) is 11.2 Å². The van der Waals surface area contributed by atoms with Crippen molar-refractivity contribution in [2.75, 3.05) is 0 Å². The molecule has 61 heavy (non-hydrogen) atoms. The normalized spacial score (nSPS) is 11.9. The van der Waals surface area contributed by atoms with E-state index in [1.165, 1.54) is 37.9 Å². The molecule has 282 valence electrons. The summed E-state index contributed by atoms with van der Waals surface area (Å²) >= 11 is 0. The first-order chi connectivity index (χ1) is 30.2. The molecule has 13 aromatic rings. The van der Waals surface area contributed by atoms with E-state index in [-0.39, 0.29) is 0 Å². The lowest BCUT2D eigenvalue weighted by Crippen LogP contribution is -1.91. The van der Waals surface area contributed by atoms with Gasteiger partial charge >= 0.3 is 0 Å². The Bertz CT molecular complexity index is 3900. The van der Waals surface area contributed by atoms with Gasteiger partial charge in [0.05, 0.1) is 22.4 Å². The summed E-state index contributed by atoms with van der Waals surface area (Å²) in [5.41, 5.74) is 12.2. The Labute approximate surface area is 350 Å². The Morgan fingerprint density at radius 2 is 0.820 bits per heavy atom. The van der Waals surface area contributed by atoms with Crippen molar-refractivity contribution in [1.82, 2.24) is 9.97 Å². The van der Waals surface area contributed by atoms with Crippen molar-refractivity contribution in [3.05, 3.63) is 206 Å². The average molecular weight is 775 g/mol. The largest absolute Gasteiger partial charge is 0.455 e. The van der Waals surface area contributed by atoms with Gasteiger partial charge in [-0.15, -0.1) is 0 Å². The maximum absolute atomic E-state index is 6.82. The lowest BCUT2D eigenvalue weighted by Gasteiger charge is -2.13.